The van der Waals surface area contributed by atoms with Gasteiger partial charge in [0.1, 0.15) is 0 Å². The molecule has 9 heavy (non-hydrogen) atoms. The molecule has 0 fully saturated rings. The van der Waals surface area contributed by atoms with Gasteiger partial charge in [-0.1, -0.05) is 0 Å². The Labute approximate surface area is 65.1 Å². The number of carboxylic acids is 1. The maximum absolute atomic E-state index is 8.89. The molecule has 5 heteroatoms. The molecule has 4 nitrogen and oxygen atoms in total. The van der Waals surface area contributed by atoms with Gasteiger partial charge >= 0.3 is 17.1 Å². The predicted octanol–water partition coefficient (Wildman–Crippen LogP) is -2.34. The molecule has 0 atom stereocenters. The molecule has 0 aliphatic rings. The molecule has 0 rings (SSSR count). The van der Waals surface area contributed by atoms with Crippen LogP contribution in [0.2, 0.25) is 0 Å². The van der Waals surface area contributed by atoms with E-state index in [0.29, 0.717) is 13.1 Å². The predicted molar refractivity (Wildman–Crippen MR) is 28.8 cm³/mol. The van der Waals surface area contributed by atoms with E-state index in [4.69, 9.17) is 21.4 Å². The van der Waals surface area contributed by atoms with Crippen LogP contribution >= 0.6 is 0 Å². The third-order valence-corrected chi connectivity index (χ3v) is 0.167. The van der Waals surface area contributed by atoms with Gasteiger partial charge in [-0.3, -0.25) is 0 Å². The summed E-state index contributed by atoms with van der Waals surface area (Å²) in [4.78, 5) is 8.89. The standard InChI is InChI=1S/C2H8N2.C2H4O2.Cu/c3-1-2-4;1-2(3)4;/h1-4H2;1H3,(H,3,4);/q;;+1/p-1. The molecule has 0 aromatic carbocycles. The molecule has 0 aliphatic heterocycles. The Morgan fingerprint density at radius 1 is 1.44 bits per heavy atom. The third-order valence-electron chi connectivity index (χ3n) is 0.167. The van der Waals surface area contributed by atoms with Crippen LogP contribution in [0, 0.1) is 0 Å². The number of carbonyl (C=O) groups is 1. The second kappa shape index (κ2) is 15.7. The number of nitrogens with two attached hydrogens (primary N) is 2. The van der Waals surface area contributed by atoms with Crippen molar-refractivity contribution in [1.29, 1.82) is 0 Å². The second-order valence-corrected chi connectivity index (χ2v) is 1.07. The summed E-state index contributed by atoms with van der Waals surface area (Å²) in [6.07, 6.45) is 0. The van der Waals surface area contributed by atoms with E-state index in [0.717, 1.165) is 6.92 Å². The summed E-state index contributed by atoms with van der Waals surface area (Å²) in [5, 5.41) is 8.89. The van der Waals surface area contributed by atoms with Gasteiger partial charge in [0.2, 0.25) is 0 Å². The van der Waals surface area contributed by atoms with Crippen molar-refractivity contribution in [3.05, 3.63) is 0 Å². The number of carboxylic acid groups (broad SMARTS) is 1. The Hall–Kier alpha value is -0.0905. The summed E-state index contributed by atoms with van der Waals surface area (Å²) < 4.78 is 0. The average molecular weight is 183 g/mol. The fourth-order valence-corrected chi connectivity index (χ4v) is 0. The molecule has 0 bridgehead atoms. The fourth-order valence-electron chi connectivity index (χ4n) is 0. The quantitative estimate of drug-likeness (QED) is 0.445. The number of hydrogen-bond donors (Lipinski definition) is 2. The van der Waals surface area contributed by atoms with Gasteiger partial charge in [-0.05, 0) is 6.92 Å². The van der Waals surface area contributed by atoms with E-state index in [1.165, 1.54) is 0 Å². The number of rotatable bonds is 1. The Kier molecular flexibility index (Phi) is 27.8. The van der Waals surface area contributed by atoms with Crippen molar-refractivity contribution in [2.75, 3.05) is 13.1 Å². The zero-order chi connectivity index (χ0) is 6.99. The molecular weight excluding hydrogens is 172 g/mol. The minimum absolute atomic E-state index is 0. The van der Waals surface area contributed by atoms with E-state index in [-0.39, 0.29) is 17.1 Å². The Morgan fingerprint density at radius 2 is 1.56 bits per heavy atom. The van der Waals surface area contributed by atoms with Crippen LogP contribution in [0.1, 0.15) is 6.92 Å². The van der Waals surface area contributed by atoms with Crippen molar-refractivity contribution >= 4 is 5.97 Å². The van der Waals surface area contributed by atoms with Gasteiger partial charge in [-0.2, -0.15) is 0 Å². The van der Waals surface area contributed by atoms with Gasteiger partial charge < -0.3 is 21.4 Å². The molecule has 0 saturated heterocycles. The first-order chi connectivity index (χ1) is 3.65. The first kappa shape index (κ1) is 16.0. The molecule has 0 heterocycles. The van der Waals surface area contributed by atoms with Crippen LogP contribution in [0.15, 0.2) is 0 Å². The van der Waals surface area contributed by atoms with E-state index in [2.05, 4.69) is 0 Å². The summed E-state index contributed by atoms with van der Waals surface area (Å²) in [5.74, 6) is -1.08. The molecule has 0 saturated carbocycles. The van der Waals surface area contributed by atoms with E-state index in [1.807, 2.05) is 0 Å². The number of aliphatic carboxylic acids is 1. The first-order valence-electron chi connectivity index (χ1n) is 2.22. The van der Waals surface area contributed by atoms with Gasteiger partial charge in [-0.15, -0.1) is 0 Å². The Bertz CT molecular complexity index is 54.5. The number of carbonyl (C=O) groups excluding carboxylic acids is 1. The normalized spacial score (nSPS) is 6.11. The van der Waals surface area contributed by atoms with Crippen molar-refractivity contribution in [1.82, 2.24) is 0 Å². The van der Waals surface area contributed by atoms with Crippen LogP contribution in [0.5, 0.6) is 0 Å². The SMILES string of the molecule is CC(=O)[O-].NCCN.[Cu+]. The van der Waals surface area contributed by atoms with Gasteiger partial charge in [0.05, 0.1) is 0 Å². The van der Waals surface area contributed by atoms with Crippen LogP contribution < -0.4 is 16.6 Å². The summed E-state index contributed by atoms with van der Waals surface area (Å²) in [5.41, 5.74) is 9.81. The Balaban J connectivity index is -0.0000000720. The van der Waals surface area contributed by atoms with Crippen LogP contribution in [-0.4, -0.2) is 19.1 Å². The van der Waals surface area contributed by atoms with Crippen molar-refractivity contribution in [3.63, 3.8) is 0 Å². The monoisotopic (exact) mass is 182 g/mol. The van der Waals surface area contributed by atoms with Gasteiger partial charge in [0.25, 0.3) is 0 Å². The molecule has 0 amide bonds. The fraction of sp³-hybridized carbons (Fsp3) is 0.750. The van der Waals surface area contributed by atoms with Crippen LogP contribution in [0.25, 0.3) is 0 Å². The minimum Gasteiger partial charge on any atom is -0.550 e. The van der Waals surface area contributed by atoms with Crippen molar-refractivity contribution < 1.29 is 27.0 Å². The third kappa shape index (κ3) is 334. The zero-order valence-corrected chi connectivity index (χ0v) is 6.13. The van der Waals surface area contributed by atoms with Crippen LogP contribution in [0.3, 0.4) is 0 Å². The molecule has 0 spiro atoms. The van der Waals surface area contributed by atoms with Gasteiger partial charge in [-0.25, -0.2) is 0 Å². The van der Waals surface area contributed by atoms with Crippen molar-refractivity contribution in [3.8, 4) is 0 Å². The molecule has 60 valence electrons. The average Bonchev–Trinajstić information content (AvgIpc) is 1.65. The van der Waals surface area contributed by atoms with Crippen molar-refractivity contribution in [2.24, 2.45) is 11.5 Å². The Morgan fingerprint density at radius 3 is 1.56 bits per heavy atom. The van der Waals surface area contributed by atoms with E-state index in [9.17, 15) is 0 Å². The molecule has 0 aromatic rings. The van der Waals surface area contributed by atoms with E-state index in [1.54, 1.807) is 0 Å². The maximum atomic E-state index is 8.89. The van der Waals surface area contributed by atoms with Crippen LogP contribution in [0.4, 0.5) is 0 Å². The van der Waals surface area contributed by atoms with Gasteiger partial charge in [0, 0.05) is 19.1 Å². The first-order valence-corrected chi connectivity index (χ1v) is 2.22. The number of hydrogen-bond acceptors (Lipinski definition) is 4. The maximum Gasteiger partial charge on any atom is 1.00 e. The minimum atomic E-state index is -1.08. The van der Waals surface area contributed by atoms with Gasteiger partial charge in [0.15, 0.2) is 0 Å². The summed E-state index contributed by atoms with van der Waals surface area (Å²) in [6, 6.07) is 0. The molecule has 4 N–H and O–H groups in total. The molecule has 0 radical (unpaired) electrons. The topological polar surface area (TPSA) is 92.2 Å². The van der Waals surface area contributed by atoms with E-state index >= 15 is 0 Å². The van der Waals surface area contributed by atoms with Crippen LogP contribution in [-0.2, 0) is 21.9 Å². The largest absolute Gasteiger partial charge is 1.00 e. The summed E-state index contributed by atoms with van der Waals surface area (Å²) in [7, 11) is 0. The molecule has 0 unspecified atom stereocenters. The molecular formula is C4H11CuN2O2. The molecule has 0 aromatic heterocycles. The smallest absolute Gasteiger partial charge is 0.550 e. The molecule has 0 aliphatic carbocycles. The van der Waals surface area contributed by atoms with Crippen molar-refractivity contribution in [2.45, 2.75) is 6.92 Å². The zero-order valence-electron chi connectivity index (χ0n) is 5.19. The second-order valence-electron chi connectivity index (χ2n) is 1.07. The summed E-state index contributed by atoms with van der Waals surface area (Å²) in [6.45, 7) is 2.17. The summed E-state index contributed by atoms with van der Waals surface area (Å²) >= 11 is 0. The van der Waals surface area contributed by atoms with E-state index < -0.39 is 5.97 Å².